The Morgan fingerprint density at radius 3 is 3.12 bits per heavy atom. The molecule has 1 heterocycles. The third-order valence-electron chi connectivity index (χ3n) is 3.63. The Hall–Kier alpha value is -0.540. The first kappa shape index (κ1) is 11.9. The molecule has 0 radical (unpaired) electrons. The molecule has 0 spiro atoms. The molecule has 1 aliphatic rings. The number of nitrogens with one attached hydrogen (secondary N) is 1. The predicted octanol–water partition coefficient (Wildman–Crippen LogP) is 3.43. The lowest BCUT2D eigenvalue weighted by molar-refractivity contribution is 0.380. The van der Waals surface area contributed by atoms with Gasteiger partial charge in [-0.1, -0.05) is 19.8 Å². The fourth-order valence-corrected chi connectivity index (χ4v) is 3.45. The van der Waals surface area contributed by atoms with E-state index >= 15 is 0 Å². The van der Waals surface area contributed by atoms with Gasteiger partial charge in [-0.3, -0.25) is 0 Å². The van der Waals surface area contributed by atoms with Crippen molar-refractivity contribution in [2.24, 2.45) is 5.92 Å². The van der Waals surface area contributed by atoms with Crippen LogP contribution in [0.15, 0.2) is 11.4 Å². The van der Waals surface area contributed by atoms with Gasteiger partial charge in [-0.25, -0.2) is 0 Å². The lowest BCUT2D eigenvalue weighted by atomic mass is 10.0. The number of methoxy groups -OCH3 is 1. The zero-order valence-corrected chi connectivity index (χ0v) is 11.0. The highest BCUT2D eigenvalue weighted by molar-refractivity contribution is 7.10. The maximum absolute atomic E-state index is 5.32. The summed E-state index contributed by atoms with van der Waals surface area (Å²) in [5.74, 6) is 1.91. The zero-order valence-electron chi connectivity index (χ0n) is 10.2. The highest BCUT2D eigenvalue weighted by atomic mass is 32.1. The van der Waals surface area contributed by atoms with E-state index in [0.717, 1.165) is 24.3 Å². The van der Waals surface area contributed by atoms with Gasteiger partial charge in [-0.05, 0) is 30.2 Å². The van der Waals surface area contributed by atoms with Crippen molar-refractivity contribution in [1.29, 1.82) is 0 Å². The van der Waals surface area contributed by atoms with Crippen LogP contribution < -0.4 is 10.1 Å². The molecular weight excluding hydrogens is 218 g/mol. The molecule has 1 saturated carbocycles. The van der Waals surface area contributed by atoms with Gasteiger partial charge in [-0.2, -0.15) is 0 Å². The summed E-state index contributed by atoms with van der Waals surface area (Å²) in [5.41, 5.74) is 0. The van der Waals surface area contributed by atoms with Crippen LogP contribution in [0.4, 0.5) is 0 Å². The van der Waals surface area contributed by atoms with E-state index in [1.807, 2.05) is 6.07 Å². The maximum atomic E-state index is 5.32. The number of ether oxygens (including phenoxy) is 1. The molecule has 3 heteroatoms. The van der Waals surface area contributed by atoms with Gasteiger partial charge in [0.2, 0.25) is 0 Å². The third-order valence-corrected chi connectivity index (χ3v) is 4.53. The van der Waals surface area contributed by atoms with Gasteiger partial charge in [0, 0.05) is 12.6 Å². The van der Waals surface area contributed by atoms with Gasteiger partial charge in [-0.15, -0.1) is 11.3 Å². The Bertz CT molecular complexity index is 323. The summed E-state index contributed by atoms with van der Waals surface area (Å²) in [6, 6.07) is 2.77. The highest BCUT2D eigenvalue weighted by Crippen LogP contribution is 2.30. The van der Waals surface area contributed by atoms with Gasteiger partial charge in [0.25, 0.3) is 0 Å². The Balaban J connectivity index is 1.87. The molecule has 1 aromatic rings. The molecule has 90 valence electrons. The van der Waals surface area contributed by atoms with Crippen molar-refractivity contribution >= 4 is 11.3 Å². The normalized spacial score (nSPS) is 24.9. The van der Waals surface area contributed by atoms with Crippen molar-refractivity contribution in [1.82, 2.24) is 5.32 Å². The van der Waals surface area contributed by atoms with Crippen LogP contribution >= 0.6 is 11.3 Å². The molecular formula is C13H21NOS. The standard InChI is InChI=1S/C13H21NOS/c1-3-10-5-4-6-11(10)14-9-13-12(15-2)7-8-16-13/h7-8,10-11,14H,3-6,9H2,1-2H3. The maximum Gasteiger partial charge on any atom is 0.134 e. The molecule has 0 aliphatic heterocycles. The summed E-state index contributed by atoms with van der Waals surface area (Å²) in [4.78, 5) is 1.32. The minimum absolute atomic E-state index is 0.719. The van der Waals surface area contributed by atoms with Crippen molar-refractivity contribution < 1.29 is 4.74 Å². The molecule has 2 rings (SSSR count). The van der Waals surface area contributed by atoms with E-state index in [-0.39, 0.29) is 0 Å². The zero-order chi connectivity index (χ0) is 11.4. The fraction of sp³-hybridized carbons (Fsp3) is 0.692. The summed E-state index contributed by atoms with van der Waals surface area (Å²) in [5, 5.41) is 5.79. The van der Waals surface area contributed by atoms with Crippen molar-refractivity contribution in [3.05, 3.63) is 16.3 Å². The lowest BCUT2D eigenvalue weighted by Gasteiger charge is -2.19. The van der Waals surface area contributed by atoms with Gasteiger partial charge < -0.3 is 10.1 Å². The number of hydrogen-bond acceptors (Lipinski definition) is 3. The highest BCUT2D eigenvalue weighted by Gasteiger charge is 2.25. The molecule has 0 amide bonds. The topological polar surface area (TPSA) is 21.3 Å². The second-order valence-corrected chi connectivity index (χ2v) is 5.50. The van der Waals surface area contributed by atoms with Crippen LogP contribution in [-0.4, -0.2) is 13.2 Å². The van der Waals surface area contributed by atoms with Crippen molar-refractivity contribution in [2.45, 2.75) is 45.2 Å². The minimum atomic E-state index is 0.719. The van der Waals surface area contributed by atoms with Gasteiger partial charge >= 0.3 is 0 Å². The summed E-state index contributed by atoms with van der Waals surface area (Å²) >= 11 is 1.78. The summed E-state index contributed by atoms with van der Waals surface area (Å²) in [6.07, 6.45) is 5.43. The summed E-state index contributed by atoms with van der Waals surface area (Å²) in [7, 11) is 1.75. The molecule has 1 aliphatic carbocycles. The molecule has 1 aromatic heterocycles. The minimum Gasteiger partial charge on any atom is -0.496 e. The van der Waals surface area contributed by atoms with E-state index in [0.29, 0.717) is 0 Å². The second kappa shape index (κ2) is 5.69. The molecule has 0 aromatic carbocycles. The lowest BCUT2D eigenvalue weighted by Crippen LogP contribution is -2.31. The van der Waals surface area contributed by atoms with Crippen molar-refractivity contribution in [3.63, 3.8) is 0 Å². The molecule has 0 bridgehead atoms. The Morgan fingerprint density at radius 2 is 2.38 bits per heavy atom. The van der Waals surface area contributed by atoms with Crippen LogP contribution in [-0.2, 0) is 6.54 Å². The average Bonchev–Trinajstić information content (AvgIpc) is 2.94. The van der Waals surface area contributed by atoms with Crippen LogP contribution in [0.25, 0.3) is 0 Å². The fourth-order valence-electron chi connectivity index (χ4n) is 2.66. The van der Waals surface area contributed by atoms with Crippen LogP contribution in [0.2, 0.25) is 0 Å². The van der Waals surface area contributed by atoms with Gasteiger partial charge in [0.05, 0.1) is 12.0 Å². The largest absolute Gasteiger partial charge is 0.496 e. The smallest absolute Gasteiger partial charge is 0.134 e. The third kappa shape index (κ3) is 2.58. The first-order valence-corrected chi connectivity index (χ1v) is 7.06. The van der Waals surface area contributed by atoms with Crippen molar-refractivity contribution in [3.8, 4) is 5.75 Å². The monoisotopic (exact) mass is 239 g/mol. The van der Waals surface area contributed by atoms with E-state index in [2.05, 4.69) is 17.6 Å². The molecule has 1 fully saturated rings. The SMILES string of the molecule is CCC1CCCC1NCc1sccc1OC. The van der Waals surface area contributed by atoms with Gasteiger partial charge in [0.1, 0.15) is 5.75 Å². The molecule has 16 heavy (non-hydrogen) atoms. The Labute approximate surface area is 102 Å². The van der Waals surface area contributed by atoms with Gasteiger partial charge in [0.15, 0.2) is 0 Å². The van der Waals surface area contributed by atoms with E-state index in [4.69, 9.17) is 4.74 Å². The quantitative estimate of drug-likeness (QED) is 0.850. The molecule has 2 unspecified atom stereocenters. The van der Waals surface area contributed by atoms with Crippen LogP contribution in [0.5, 0.6) is 5.75 Å². The molecule has 2 nitrogen and oxygen atoms in total. The number of rotatable bonds is 5. The van der Waals surface area contributed by atoms with E-state index in [1.54, 1.807) is 18.4 Å². The summed E-state index contributed by atoms with van der Waals surface area (Å²) in [6.45, 7) is 3.26. The molecule has 0 saturated heterocycles. The van der Waals surface area contributed by atoms with E-state index < -0.39 is 0 Å². The number of thiophene rings is 1. The summed E-state index contributed by atoms with van der Waals surface area (Å²) < 4.78 is 5.32. The van der Waals surface area contributed by atoms with Crippen LogP contribution in [0.1, 0.15) is 37.5 Å². The molecule has 2 atom stereocenters. The second-order valence-electron chi connectivity index (χ2n) is 4.50. The predicted molar refractivity (Wildman–Crippen MR) is 69.1 cm³/mol. The molecule has 1 N–H and O–H groups in total. The Morgan fingerprint density at radius 1 is 1.50 bits per heavy atom. The average molecular weight is 239 g/mol. The van der Waals surface area contributed by atoms with E-state index in [9.17, 15) is 0 Å². The van der Waals surface area contributed by atoms with Crippen molar-refractivity contribution in [2.75, 3.05) is 7.11 Å². The van der Waals surface area contributed by atoms with Crippen LogP contribution in [0, 0.1) is 5.92 Å². The van der Waals surface area contributed by atoms with E-state index in [1.165, 1.54) is 30.6 Å². The number of hydrogen-bond donors (Lipinski definition) is 1. The first-order chi connectivity index (χ1) is 7.85. The first-order valence-electron chi connectivity index (χ1n) is 6.19. The Kier molecular flexibility index (Phi) is 4.24. The van der Waals surface area contributed by atoms with Crippen LogP contribution in [0.3, 0.4) is 0 Å².